The Balaban J connectivity index is 0.00000420. The van der Waals surface area contributed by atoms with Crippen LogP contribution in [0.3, 0.4) is 0 Å². The van der Waals surface area contributed by atoms with Crippen molar-refractivity contribution in [2.45, 2.75) is 33.0 Å². The predicted octanol–water partition coefficient (Wildman–Crippen LogP) is 2.53. The molecule has 0 saturated carbocycles. The maximum Gasteiger partial charge on any atom is 0.191 e. The molecule has 1 aliphatic heterocycles. The van der Waals surface area contributed by atoms with Crippen molar-refractivity contribution in [1.82, 2.24) is 20.4 Å². The molecule has 0 bridgehead atoms. The molecule has 29 heavy (non-hydrogen) atoms. The van der Waals surface area contributed by atoms with Crippen molar-refractivity contribution in [3.63, 3.8) is 0 Å². The van der Waals surface area contributed by atoms with Crippen LogP contribution in [-0.2, 0) is 17.8 Å². The molecule has 2 rings (SSSR count). The van der Waals surface area contributed by atoms with E-state index in [1.54, 1.807) is 13.1 Å². The lowest BCUT2D eigenvalue weighted by molar-refractivity contribution is 0.00752. The summed E-state index contributed by atoms with van der Waals surface area (Å²) in [5.74, 6) is 1.14. The van der Waals surface area contributed by atoms with Gasteiger partial charge >= 0.3 is 0 Å². The molecule has 0 amide bonds. The summed E-state index contributed by atoms with van der Waals surface area (Å²) in [5.41, 5.74) is 1.74. The van der Waals surface area contributed by atoms with Crippen molar-refractivity contribution < 1.29 is 9.13 Å². The zero-order valence-corrected chi connectivity index (χ0v) is 20.7. The summed E-state index contributed by atoms with van der Waals surface area (Å²) in [4.78, 5) is 8.79. The van der Waals surface area contributed by atoms with Gasteiger partial charge in [0.1, 0.15) is 5.82 Å². The van der Waals surface area contributed by atoms with Gasteiger partial charge in [-0.05, 0) is 37.7 Å². The van der Waals surface area contributed by atoms with Crippen LogP contribution in [0.1, 0.15) is 25.0 Å². The Bertz CT molecular complexity index is 635. The first-order valence-electron chi connectivity index (χ1n) is 10.1. The van der Waals surface area contributed by atoms with E-state index in [0.29, 0.717) is 30.6 Å². The fourth-order valence-corrected chi connectivity index (χ4v) is 3.50. The third-order valence-corrected chi connectivity index (χ3v) is 5.04. The van der Waals surface area contributed by atoms with Crippen LogP contribution in [0.25, 0.3) is 0 Å². The number of guanidine groups is 1. The van der Waals surface area contributed by atoms with Crippen molar-refractivity contribution in [3.05, 3.63) is 35.1 Å². The number of nitrogens with one attached hydrogen (secondary N) is 2. The highest BCUT2D eigenvalue weighted by molar-refractivity contribution is 14.0. The number of hydrogen-bond acceptors (Lipinski definition) is 4. The first-order chi connectivity index (χ1) is 13.4. The Kier molecular flexibility index (Phi) is 12.0. The summed E-state index contributed by atoms with van der Waals surface area (Å²) >= 11 is 0. The van der Waals surface area contributed by atoms with Crippen LogP contribution in [0.4, 0.5) is 4.39 Å². The molecule has 1 fully saturated rings. The van der Waals surface area contributed by atoms with E-state index in [2.05, 4.69) is 34.4 Å². The van der Waals surface area contributed by atoms with Crippen LogP contribution in [-0.4, -0.2) is 75.8 Å². The Hall–Kier alpha value is -0.970. The number of nitrogens with zero attached hydrogens (tertiary/aromatic N) is 3. The van der Waals surface area contributed by atoms with Crippen molar-refractivity contribution in [2.75, 3.05) is 54.0 Å². The Morgan fingerprint density at radius 3 is 2.52 bits per heavy atom. The topological polar surface area (TPSA) is 52.1 Å². The zero-order valence-electron chi connectivity index (χ0n) is 18.4. The second kappa shape index (κ2) is 13.4. The molecule has 0 aliphatic carbocycles. The van der Waals surface area contributed by atoms with E-state index in [9.17, 15) is 4.39 Å². The SMILES string of the molecule is CN=C(NCc1ccc(F)c(CN(C)C)c1)NCC(C(C)C)N1CCOCC1.I. The van der Waals surface area contributed by atoms with Crippen molar-refractivity contribution in [3.8, 4) is 0 Å². The molecule has 2 N–H and O–H groups in total. The number of morpholine rings is 1. The molecule has 8 heteroatoms. The minimum absolute atomic E-state index is 0. The van der Waals surface area contributed by atoms with Crippen LogP contribution in [0.15, 0.2) is 23.2 Å². The summed E-state index contributed by atoms with van der Waals surface area (Å²) in [6.45, 7) is 10.1. The number of ether oxygens (including phenoxy) is 1. The van der Waals surface area contributed by atoms with E-state index in [1.165, 1.54) is 0 Å². The van der Waals surface area contributed by atoms with Gasteiger partial charge < -0.3 is 20.3 Å². The fourth-order valence-electron chi connectivity index (χ4n) is 3.50. The second-order valence-electron chi connectivity index (χ2n) is 7.93. The molecule has 1 atom stereocenters. The van der Waals surface area contributed by atoms with Gasteiger partial charge in [-0.15, -0.1) is 24.0 Å². The predicted molar refractivity (Wildman–Crippen MR) is 128 cm³/mol. The van der Waals surface area contributed by atoms with E-state index in [4.69, 9.17) is 4.74 Å². The van der Waals surface area contributed by atoms with Crippen LogP contribution in [0.5, 0.6) is 0 Å². The van der Waals surface area contributed by atoms with Crippen LogP contribution < -0.4 is 10.6 Å². The fraction of sp³-hybridized carbons (Fsp3) is 0.667. The molecule has 0 radical (unpaired) electrons. The highest BCUT2D eigenvalue weighted by Gasteiger charge is 2.23. The number of benzene rings is 1. The van der Waals surface area contributed by atoms with Gasteiger partial charge in [0, 0.05) is 51.4 Å². The molecule has 1 heterocycles. The lowest BCUT2D eigenvalue weighted by Gasteiger charge is -2.37. The summed E-state index contributed by atoms with van der Waals surface area (Å²) in [7, 11) is 5.65. The molecular weight excluding hydrogens is 484 g/mol. The number of hydrogen-bond donors (Lipinski definition) is 2. The van der Waals surface area contributed by atoms with Gasteiger partial charge in [-0.1, -0.05) is 19.9 Å². The minimum Gasteiger partial charge on any atom is -0.379 e. The van der Waals surface area contributed by atoms with E-state index >= 15 is 0 Å². The molecule has 0 spiro atoms. The minimum atomic E-state index is -0.162. The number of aliphatic imine (C=N–C) groups is 1. The third kappa shape index (κ3) is 8.74. The second-order valence-corrected chi connectivity index (χ2v) is 7.93. The summed E-state index contributed by atoms with van der Waals surface area (Å²) in [6, 6.07) is 5.71. The van der Waals surface area contributed by atoms with Crippen LogP contribution in [0.2, 0.25) is 0 Å². The molecule has 166 valence electrons. The number of halogens is 2. The van der Waals surface area contributed by atoms with Gasteiger partial charge in [-0.3, -0.25) is 9.89 Å². The molecule has 1 aliphatic rings. The molecule has 1 aromatic carbocycles. The van der Waals surface area contributed by atoms with Gasteiger partial charge in [0.05, 0.1) is 13.2 Å². The first kappa shape index (κ1) is 26.1. The summed E-state index contributed by atoms with van der Waals surface area (Å²) in [5, 5.41) is 6.79. The molecular formula is C21H37FIN5O. The molecule has 0 aromatic heterocycles. The lowest BCUT2D eigenvalue weighted by Crippen LogP contribution is -2.52. The average Bonchev–Trinajstić information content (AvgIpc) is 2.67. The van der Waals surface area contributed by atoms with Crippen molar-refractivity contribution in [1.29, 1.82) is 0 Å². The van der Waals surface area contributed by atoms with Gasteiger partial charge in [-0.2, -0.15) is 0 Å². The Morgan fingerprint density at radius 1 is 1.24 bits per heavy atom. The average molecular weight is 521 g/mol. The van der Waals surface area contributed by atoms with Gasteiger partial charge in [0.15, 0.2) is 5.96 Å². The van der Waals surface area contributed by atoms with Crippen LogP contribution in [0, 0.1) is 11.7 Å². The number of rotatable bonds is 8. The lowest BCUT2D eigenvalue weighted by atomic mass is 10.0. The third-order valence-electron chi connectivity index (χ3n) is 5.04. The smallest absolute Gasteiger partial charge is 0.191 e. The quantitative estimate of drug-likeness (QED) is 0.313. The van der Waals surface area contributed by atoms with Crippen LogP contribution >= 0.6 is 24.0 Å². The Morgan fingerprint density at radius 2 is 1.93 bits per heavy atom. The standard InChI is InChI=1S/C21H36FN5O.HI/c1-16(2)20(27-8-10-28-11-9-27)14-25-21(23-3)24-13-17-6-7-19(22)18(12-17)15-26(4)5;/h6-7,12,16,20H,8-11,13-15H2,1-5H3,(H2,23,24,25);1H. The highest BCUT2D eigenvalue weighted by Crippen LogP contribution is 2.13. The summed E-state index contributed by atoms with van der Waals surface area (Å²) < 4.78 is 19.4. The van der Waals surface area contributed by atoms with Gasteiger partial charge in [0.2, 0.25) is 0 Å². The maximum absolute atomic E-state index is 14.0. The van der Waals surface area contributed by atoms with Crippen molar-refractivity contribution >= 4 is 29.9 Å². The normalized spacial score (nSPS) is 16.6. The molecule has 1 aromatic rings. The van der Waals surface area contributed by atoms with E-state index < -0.39 is 0 Å². The molecule has 6 nitrogen and oxygen atoms in total. The van der Waals surface area contributed by atoms with Gasteiger partial charge in [-0.25, -0.2) is 4.39 Å². The molecule has 1 saturated heterocycles. The maximum atomic E-state index is 14.0. The monoisotopic (exact) mass is 521 g/mol. The Labute approximate surface area is 192 Å². The largest absolute Gasteiger partial charge is 0.379 e. The summed E-state index contributed by atoms with van der Waals surface area (Å²) in [6.07, 6.45) is 0. The van der Waals surface area contributed by atoms with Gasteiger partial charge in [0.25, 0.3) is 0 Å². The van der Waals surface area contributed by atoms with E-state index in [-0.39, 0.29) is 29.8 Å². The van der Waals surface area contributed by atoms with E-state index in [1.807, 2.05) is 31.1 Å². The van der Waals surface area contributed by atoms with Crippen molar-refractivity contribution in [2.24, 2.45) is 10.9 Å². The highest BCUT2D eigenvalue weighted by atomic mass is 127. The van der Waals surface area contributed by atoms with E-state index in [0.717, 1.165) is 44.4 Å². The molecule has 1 unspecified atom stereocenters. The zero-order chi connectivity index (χ0) is 20.5. The first-order valence-corrected chi connectivity index (χ1v) is 10.1.